The Morgan fingerprint density at radius 1 is 1.25 bits per heavy atom. The number of hydrogen-bond acceptors (Lipinski definition) is 4. The first-order valence-corrected chi connectivity index (χ1v) is 7.78. The van der Waals surface area contributed by atoms with E-state index in [4.69, 9.17) is 14.6 Å². The van der Waals surface area contributed by atoms with Crippen molar-refractivity contribution in [3.63, 3.8) is 0 Å². The molecule has 0 unspecified atom stereocenters. The standard InChI is InChI=1S/C17H26N2O5/c1-11(2)24-14-10-12(6-7-13(14)23-5)18-16(22)19-17(3,4)9-8-15(20)21/h6-7,10-11H,8-9H2,1-5H3,(H,20,21)(H2,18,19,22). The van der Waals surface area contributed by atoms with E-state index >= 15 is 0 Å². The lowest BCUT2D eigenvalue weighted by atomic mass is 9.99. The summed E-state index contributed by atoms with van der Waals surface area (Å²) in [5, 5.41) is 14.2. The van der Waals surface area contributed by atoms with Crippen molar-refractivity contribution < 1.29 is 24.2 Å². The topological polar surface area (TPSA) is 96.9 Å². The molecule has 1 aromatic rings. The minimum atomic E-state index is -0.893. The van der Waals surface area contributed by atoms with Gasteiger partial charge >= 0.3 is 12.0 Å². The Morgan fingerprint density at radius 2 is 1.92 bits per heavy atom. The zero-order valence-corrected chi connectivity index (χ0v) is 14.8. The predicted octanol–water partition coefficient (Wildman–Crippen LogP) is 3.25. The molecule has 0 bridgehead atoms. The second-order valence-electron chi connectivity index (χ2n) is 6.39. The average molecular weight is 338 g/mol. The van der Waals surface area contributed by atoms with Crippen LogP contribution in [0.4, 0.5) is 10.5 Å². The van der Waals surface area contributed by atoms with Crippen LogP contribution in [0.3, 0.4) is 0 Å². The maximum absolute atomic E-state index is 12.1. The van der Waals surface area contributed by atoms with E-state index in [1.54, 1.807) is 39.2 Å². The zero-order valence-electron chi connectivity index (χ0n) is 14.8. The molecule has 0 atom stereocenters. The van der Waals surface area contributed by atoms with Gasteiger partial charge in [-0.2, -0.15) is 0 Å². The third-order valence-electron chi connectivity index (χ3n) is 3.20. The quantitative estimate of drug-likeness (QED) is 0.676. The summed E-state index contributed by atoms with van der Waals surface area (Å²) in [4.78, 5) is 22.8. The minimum Gasteiger partial charge on any atom is -0.493 e. The lowest BCUT2D eigenvalue weighted by Crippen LogP contribution is -2.45. The fourth-order valence-electron chi connectivity index (χ4n) is 2.05. The summed E-state index contributed by atoms with van der Waals surface area (Å²) in [6, 6.07) is 4.69. The molecule has 0 aromatic heterocycles. The van der Waals surface area contributed by atoms with Crippen LogP contribution in [0.2, 0.25) is 0 Å². The Hall–Kier alpha value is -2.44. The van der Waals surface area contributed by atoms with Crippen molar-refractivity contribution in [1.82, 2.24) is 5.32 Å². The summed E-state index contributed by atoms with van der Waals surface area (Å²) in [6.45, 7) is 7.35. The number of carboxylic acid groups (broad SMARTS) is 1. The number of urea groups is 1. The first-order valence-electron chi connectivity index (χ1n) is 7.78. The molecule has 134 valence electrons. The van der Waals surface area contributed by atoms with Gasteiger partial charge in [0.1, 0.15) is 0 Å². The third-order valence-corrected chi connectivity index (χ3v) is 3.20. The summed E-state index contributed by atoms with van der Waals surface area (Å²) < 4.78 is 10.9. The van der Waals surface area contributed by atoms with E-state index in [1.165, 1.54) is 0 Å². The monoisotopic (exact) mass is 338 g/mol. The van der Waals surface area contributed by atoms with Gasteiger partial charge in [-0.25, -0.2) is 4.79 Å². The molecule has 1 aromatic carbocycles. The third kappa shape index (κ3) is 6.76. The highest BCUT2D eigenvalue weighted by Gasteiger charge is 2.21. The molecule has 0 aliphatic heterocycles. The van der Waals surface area contributed by atoms with Crippen molar-refractivity contribution in [3.05, 3.63) is 18.2 Å². The van der Waals surface area contributed by atoms with Crippen LogP contribution in [0, 0.1) is 0 Å². The van der Waals surface area contributed by atoms with Crippen molar-refractivity contribution in [3.8, 4) is 11.5 Å². The average Bonchev–Trinajstić information content (AvgIpc) is 2.44. The molecule has 0 saturated carbocycles. The molecule has 0 heterocycles. The molecule has 7 heteroatoms. The zero-order chi connectivity index (χ0) is 18.3. The number of ether oxygens (including phenoxy) is 2. The van der Waals surface area contributed by atoms with E-state index in [2.05, 4.69) is 10.6 Å². The number of amides is 2. The summed E-state index contributed by atoms with van der Waals surface area (Å²) >= 11 is 0. The lowest BCUT2D eigenvalue weighted by molar-refractivity contribution is -0.137. The van der Waals surface area contributed by atoms with E-state index in [0.717, 1.165) is 0 Å². The number of rotatable bonds is 8. The Bertz CT molecular complexity index is 584. The van der Waals surface area contributed by atoms with E-state index in [-0.39, 0.29) is 12.5 Å². The van der Waals surface area contributed by atoms with Crippen LogP contribution in [0.15, 0.2) is 18.2 Å². The number of methoxy groups -OCH3 is 1. The van der Waals surface area contributed by atoms with Gasteiger partial charge in [-0.1, -0.05) is 0 Å². The van der Waals surface area contributed by atoms with E-state index < -0.39 is 17.5 Å². The van der Waals surface area contributed by atoms with E-state index in [1.807, 2.05) is 13.8 Å². The SMILES string of the molecule is COc1ccc(NC(=O)NC(C)(C)CCC(=O)O)cc1OC(C)C. The number of benzene rings is 1. The highest BCUT2D eigenvalue weighted by Crippen LogP contribution is 2.31. The van der Waals surface area contributed by atoms with Crippen LogP contribution in [-0.4, -0.2) is 35.9 Å². The van der Waals surface area contributed by atoms with Crippen LogP contribution in [0.25, 0.3) is 0 Å². The van der Waals surface area contributed by atoms with Gasteiger partial charge in [-0.05, 0) is 46.2 Å². The van der Waals surface area contributed by atoms with Gasteiger partial charge in [-0.3, -0.25) is 4.79 Å². The highest BCUT2D eigenvalue weighted by atomic mass is 16.5. The Morgan fingerprint density at radius 3 is 2.46 bits per heavy atom. The molecular weight excluding hydrogens is 312 g/mol. The van der Waals surface area contributed by atoms with Crippen molar-refractivity contribution in [2.24, 2.45) is 0 Å². The van der Waals surface area contributed by atoms with Crippen LogP contribution < -0.4 is 20.1 Å². The maximum Gasteiger partial charge on any atom is 0.319 e. The van der Waals surface area contributed by atoms with Gasteiger partial charge in [-0.15, -0.1) is 0 Å². The molecule has 1 rings (SSSR count). The summed E-state index contributed by atoms with van der Waals surface area (Å²) in [7, 11) is 1.55. The van der Waals surface area contributed by atoms with Gasteiger partial charge < -0.3 is 25.2 Å². The van der Waals surface area contributed by atoms with Crippen LogP contribution >= 0.6 is 0 Å². The van der Waals surface area contributed by atoms with Crippen LogP contribution in [0.1, 0.15) is 40.5 Å². The normalized spacial score (nSPS) is 11.1. The van der Waals surface area contributed by atoms with Gasteiger partial charge in [0.15, 0.2) is 11.5 Å². The smallest absolute Gasteiger partial charge is 0.319 e. The van der Waals surface area contributed by atoms with Crippen molar-refractivity contribution >= 4 is 17.7 Å². The number of aliphatic carboxylic acids is 1. The molecule has 0 saturated heterocycles. The van der Waals surface area contributed by atoms with Gasteiger partial charge in [0, 0.05) is 23.7 Å². The van der Waals surface area contributed by atoms with Crippen LogP contribution in [0.5, 0.6) is 11.5 Å². The Labute approximate surface area is 142 Å². The minimum absolute atomic E-state index is 0.0117. The molecule has 7 nitrogen and oxygen atoms in total. The van der Waals surface area contributed by atoms with E-state index in [0.29, 0.717) is 23.6 Å². The summed E-state index contributed by atoms with van der Waals surface area (Å²) in [5.41, 5.74) is -0.0790. The number of carboxylic acids is 1. The van der Waals surface area contributed by atoms with Gasteiger partial charge in [0.25, 0.3) is 0 Å². The predicted molar refractivity (Wildman–Crippen MR) is 91.9 cm³/mol. The fraction of sp³-hybridized carbons (Fsp3) is 0.529. The van der Waals surface area contributed by atoms with Gasteiger partial charge in [0.2, 0.25) is 0 Å². The molecule has 0 fully saturated rings. The first-order chi connectivity index (χ1) is 11.1. The Kier molecular flexibility index (Phi) is 6.88. The second kappa shape index (κ2) is 8.42. The first kappa shape index (κ1) is 19.6. The molecule has 0 aliphatic carbocycles. The molecular formula is C17H26N2O5. The van der Waals surface area contributed by atoms with Crippen molar-refractivity contribution in [2.75, 3.05) is 12.4 Å². The van der Waals surface area contributed by atoms with Gasteiger partial charge in [0.05, 0.1) is 13.2 Å². The fourth-order valence-corrected chi connectivity index (χ4v) is 2.05. The second-order valence-corrected chi connectivity index (χ2v) is 6.39. The van der Waals surface area contributed by atoms with Crippen molar-refractivity contribution in [2.45, 2.75) is 52.2 Å². The molecule has 3 N–H and O–H groups in total. The maximum atomic E-state index is 12.1. The molecule has 24 heavy (non-hydrogen) atoms. The molecule has 0 radical (unpaired) electrons. The number of anilines is 1. The number of carbonyl (C=O) groups is 2. The molecule has 0 aliphatic rings. The number of hydrogen-bond donors (Lipinski definition) is 3. The number of nitrogens with one attached hydrogen (secondary N) is 2. The van der Waals surface area contributed by atoms with E-state index in [9.17, 15) is 9.59 Å². The highest BCUT2D eigenvalue weighted by molar-refractivity contribution is 5.90. The molecule has 2 amide bonds. The van der Waals surface area contributed by atoms with Crippen molar-refractivity contribution in [1.29, 1.82) is 0 Å². The Balaban J connectivity index is 2.74. The summed E-state index contributed by atoms with van der Waals surface area (Å²) in [6.07, 6.45) is 0.292. The summed E-state index contributed by atoms with van der Waals surface area (Å²) in [5.74, 6) is 0.225. The molecule has 0 spiro atoms. The number of carbonyl (C=O) groups excluding carboxylic acids is 1. The van der Waals surface area contributed by atoms with Crippen LogP contribution in [-0.2, 0) is 4.79 Å². The largest absolute Gasteiger partial charge is 0.493 e. The lowest BCUT2D eigenvalue weighted by Gasteiger charge is -2.25.